The maximum absolute atomic E-state index is 12.5. The van der Waals surface area contributed by atoms with Gasteiger partial charge in [0.1, 0.15) is 0 Å². The van der Waals surface area contributed by atoms with Gasteiger partial charge in [-0.05, 0) is 50.9 Å². The van der Waals surface area contributed by atoms with Crippen LogP contribution >= 0.6 is 0 Å². The van der Waals surface area contributed by atoms with Gasteiger partial charge in [-0.1, -0.05) is 18.9 Å². The lowest BCUT2D eigenvalue weighted by atomic mass is 9.85. The van der Waals surface area contributed by atoms with Gasteiger partial charge >= 0.3 is 0 Å². The van der Waals surface area contributed by atoms with Crippen molar-refractivity contribution in [1.82, 2.24) is 10.2 Å². The second kappa shape index (κ2) is 7.30. The van der Waals surface area contributed by atoms with Gasteiger partial charge in [-0.15, -0.1) is 0 Å². The first-order valence-corrected chi connectivity index (χ1v) is 9.04. The number of allylic oxidation sites excluding steroid dienone is 2. The van der Waals surface area contributed by atoms with Crippen molar-refractivity contribution in [2.75, 3.05) is 13.1 Å². The van der Waals surface area contributed by atoms with E-state index in [4.69, 9.17) is 0 Å². The van der Waals surface area contributed by atoms with E-state index in [1.807, 2.05) is 4.90 Å². The summed E-state index contributed by atoms with van der Waals surface area (Å²) < 4.78 is 0. The van der Waals surface area contributed by atoms with E-state index < -0.39 is 0 Å². The number of nitrogens with one attached hydrogen (secondary N) is 1. The van der Waals surface area contributed by atoms with Crippen LogP contribution < -0.4 is 5.32 Å². The summed E-state index contributed by atoms with van der Waals surface area (Å²) in [6.07, 6.45) is 13.0. The van der Waals surface area contributed by atoms with Crippen molar-refractivity contribution in [2.45, 2.75) is 64.2 Å². The number of hydrogen-bond donors (Lipinski definition) is 1. The van der Waals surface area contributed by atoms with Gasteiger partial charge in [-0.3, -0.25) is 9.59 Å². The molecular formula is C18H28N2O2. The number of carbonyl (C=O) groups excluding carboxylic acids is 2. The molecule has 0 aromatic carbocycles. The highest BCUT2D eigenvalue weighted by Gasteiger charge is 2.30. The quantitative estimate of drug-likeness (QED) is 0.868. The molecule has 22 heavy (non-hydrogen) atoms. The lowest BCUT2D eigenvalue weighted by Gasteiger charge is -2.38. The van der Waals surface area contributed by atoms with Gasteiger partial charge in [0.2, 0.25) is 11.8 Å². The zero-order valence-corrected chi connectivity index (χ0v) is 13.5. The fourth-order valence-corrected chi connectivity index (χ4v) is 4.21. The Morgan fingerprint density at radius 3 is 2.68 bits per heavy atom. The summed E-state index contributed by atoms with van der Waals surface area (Å²) in [7, 11) is 0. The van der Waals surface area contributed by atoms with Crippen molar-refractivity contribution < 1.29 is 9.59 Å². The minimum atomic E-state index is 0.152. The van der Waals surface area contributed by atoms with Gasteiger partial charge < -0.3 is 10.2 Å². The summed E-state index contributed by atoms with van der Waals surface area (Å²) >= 11 is 0. The lowest BCUT2D eigenvalue weighted by molar-refractivity contribution is -0.130. The van der Waals surface area contributed by atoms with Gasteiger partial charge in [0.15, 0.2) is 0 Å². The third kappa shape index (κ3) is 3.53. The Balaban J connectivity index is 1.47. The Kier molecular flexibility index (Phi) is 5.16. The first-order valence-electron chi connectivity index (χ1n) is 9.04. The topological polar surface area (TPSA) is 49.4 Å². The fourth-order valence-electron chi connectivity index (χ4n) is 4.21. The Labute approximate surface area is 133 Å². The van der Waals surface area contributed by atoms with Gasteiger partial charge in [0.05, 0.1) is 0 Å². The molecule has 0 spiro atoms. The molecule has 0 radical (unpaired) electrons. The molecular weight excluding hydrogens is 276 g/mol. The van der Waals surface area contributed by atoms with Gasteiger partial charge in [0.25, 0.3) is 0 Å². The average Bonchev–Trinajstić information content (AvgIpc) is 3.08. The highest BCUT2D eigenvalue weighted by Crippen LogP contribution is 2.35. The van der Waals surface area contributed by atoms with E-state index in [1.54, 1.807) is 0 Å². The van der Waals surface area contributed by atoms with E-state index in [0.717, 1.165) is 32.2 Å². The maximum Gasteiger partial charge on any atom is 0.228 e. The smallest absolute Gasteiger partial charge is 0.228 e. The molecule has 0 bridgehead atoms. The first-order chi connectivity index (χ1) is 10.8. The van der Waals surface area contributed by atoms with Crippen LogP contribution in [0.2, 0.25) is 0 Å². The van der Waals surface area contributed by atoms with Crippen molar-refractivity contribution in [3.8, 4) is 0 Å². The van der Waals surface area contributed by atoms with E-state index in [2.05, 4.69) is 11.4 Å². The largest absolute Gasteiger partial charge is 0.355 e. The van der Waals surface area contributed by atoms with Gasteiger partial charge in [-0.2, -0.15) is 0 Å². The number of rotatable bonds is 4. The lowest BCUT2D eigenvalue weighted by Crippen LogP contribution is -2.40. The van der Waals surface area contributed by atoms with E-state index >= 15 is 0 Å². The Morgan fingerprint density at radius 1 is 1.09 bits per heavy atom. The maximum atomic E-state index is 12.5. The summed E-state index contributed by atoms with van der Waals surface area (Å²) in [5, 5.41) is 2.96. The van der Waals surface area contributed by atoms with Gasteiger partial charge in [-0.25, -0.2) is 0 Å². The van der Waals surface area contributed by atoms with Crippen LogP contribution in [0.1, 0.15) is 64.2 Å². The molecule has 0 aromatic rings. The zero-order chi connectivity index (χ0) is 15.4. The molecule has 1 N–H and O–H groups in total. The third-order valence-electron chi connectivity index (χ3n) is 5.44. The standard InChI is InChI=1S/C18H28N2O2/c21-17(11-12-19-18(22)15-7-1-2-8-15)20-13-5-9-14-6-3-4-10-16(14)20/h10,14-15H,1-9,11-13H2,(H,19,22). The summed E-state index contributed by atoms with van der Waals surface area (Å²) in [6, 6.07) is 0. The number of likely N-dealkylation sites (tertiary alicyclic amines) is 1. The molecule has 3 rings (SSSR count). The fraction of sp³-hybridized carbons (Fsp3) is 0.778. The molecule has 1 saturated carbocycles. The SMILES string of the molecule is O=C(NCCC(=O)N1CCCC2CCCC=C21)C1CCCC1. The minimum Gasteiger partial charge on any atom is -0.355 e. The first kappa shape index (κ1) is 15.6. The molecule has 1 aliphatic heterocycles. The molecule has 2 aliphatic carbocycles. The van der Waals surface area contributed by atoms with Crippen LogP contribution in [0.4, 0.5) is 0 Å². The summed E-state index contributed by atoms with van der Waals surface area (Å²) in [5.74, 6) is 1.12. The van der Waals surface area contributed by atoms with E-state index in [-0.39, 0.29) is 17.7 Å². The van der Waals surface area contributed by atoms with Gasteiger partial charge in [0, 0.05) is 31.1 Å². The minimum absolute atomic E-state index is 0.152. The normalized spacial score (nSPS) is 25.5. The Bertz CT molecular complexity index is 452. The predicted molar refractivity (Wildman–Crippen MR) is 86.0 cm³/mol. The van der Waals surface area contributed by atoms with Crippen LogP contribution in [-0.4, -0.2) is 29.8 Å². The summed E-state index contributed by atoms with van der Waals surface area (Å²) in [6.45, 7) is 1.35. The molecule has 1 saturated heterocycles. The molecule has 0 aromatic heterocycles. The van der Waals surface area contributed by atoms with Crippen LogP contribution in [0.25, 0.3) is 0 Å². The molecule has 2 amide bonds. The van der Waals surface area contributed by atoms with Crippen molar-refractivity contribution in [1.29, 1.82) is 0 Å². The second-order valence-electron chi connectivity index (χ2n) is 6.97. The molecule has 1 heterocycles. The van der Waals surface area contributed by atoms with Crippen molar-refractivity contribution in [2.24, 2.45) is 11.8 Å². The van der Waals surface area contributed by atoms with E-state index in [0.29, 0.717) is 18.9 Å². The zero-order valence-electron chi connectivity index (χ0n) is 13.5. The number of piperidine rings is 1. The van der Waals surface area contributed by atoms with E-state index in [1.165, 1.54) is 37.8 Å². The molecule has 122 valence electrons. The molecule has 4 nitrogen and oxygen atoms in total. The van der Waals surface area contributed by atoms with E-state index in [9.17, 15) is 9.59 Å². The number of fused-ring (bicyclic) bond motifs is 1. The average molecular weight is 304 g/mol. The summed E-state index contributed by atoms with van der Waals surface area (Å²) in [5.41, 5.74) is 1.27. The molecule has 3 aliphatic rings. The van der Waals surface area contributed by atoms with Crippen LogP contribution in [0.15, 0.2) is 11.8 Å². The predicted octanol–water partition coefficient (Wildman–Crippen LogP) is 2.99. The summed E-state index contributed by atoms with van der Waals surface area (Å²) in [4.78, 5) is 26.5. The number of nitrogens with zero attached hydrogens (tertiary/aromatic N) is 1. The highest BCUT2D eigenvalue weighted by molar-refractivity contribution is 5.81. The number of hydrogen-bond acceptors (Lipinski definition) is 2. The number of carbonyl (C=O) groups is 2. The number of amides is 2. The molecule has 1 atom stereocenters. The van der Waals surface area contributed by atoms with Crippen LogP contribution in [0.3, 0.4) is 0 Å². The second-order valence-corrected chi connectivity index (χ2v) is 6.97. The monoisotopic (exact) mass is 304 g/mol. The molecule has 2 fully saturated rings. The molecule has 4 heteroatoms. The van der Waals surface area contributed by atoms with Crippen LogP contribution in [0, 0.1) is 11.8 Å². The Hall–Kier alpha value is -1.32. The molecule has 1 unspecified atom stereocenters. The van der Waals surface area contributed by atoms with Crippen LogP contribution in [0.5, 0.6) is 0 Å². The van der Waals surface area contributed by atoms with Crippen LogP contribution in [-0.2, 0) is 9.59 Å². The van der Waals surface area contributed by atoms with Crippen molar-refractivity contribution in [3.05, 3.63) is 11.8 Å². The highest BCUT2D eigenvalue weighted by atomic mass is 16.2. The van der Waals surface area contributed by atoms with Crippen molar-refractivity contribution >= 4 is 11.8 Å². The Morgan fingerprint density at radius 2 is 1.86 bits per heavy atom. The third-order valence-corrected chi connectivity index (χ3v) is 5.44. The van der Waals surface area contributed by atoms with Crippen molar-refractivity contribution in [3.63, 3.8) is 0 Å².